The lowest BCUT2D eigenvalue weighted by Gasteiger charge is -2.18. The van der Waals surface area contributed by atoms with Crippen molar-refractivity contribution in [3.8, 4) is 11.8 Å². The second-order valence-electron chi connectivity index (χ2n) is 5.27. The Hall–Kier alpha value is -2.05. The number of benzene rings is 1. The maximum absolute atomic E-state index is 12.6. The van der Waals surface area contributed by atoms with Gasteiger partial charge in [-0.05, 0) is 18.2 Å². The number of aromatic nitrogens is 2. The number of methoxy groups -OCH3 is 1. The van der Waals surface area contributed by atoms with Gasteiger partial charge in [0.25, 0.3) is 17.7 Å². The SMILES string of the molecule is COc1nccnc1OC1CCN(C(=O)c2ccc(Cl)cc2Cl)C1. The lowest BCUT2D eigenvalue weighted by atomic mass is 10.2. The van der Waals surface area contributed by atoms with Crippen LogP contribution in [0, 0.1) is 0 Å². The first-order valence-electron chi connectivity index (χ1n) is 7.34. The summed E-state index contributed by atoms with van der Waals surface area (Å²) in [6.45, 7) is 1.02. The monoisotopic (exact) mass is 367 g/mol. The van der Waals surface area contributed by atoms with Gasteiger partial charge < -0.3 is 14.4 Å². The lowest BCUT2D eigenvalue weighted by molar-refractivity contribution is 0.0770. The zero-order chi connectivity index (χ0) is 17.1. The molecule has 0 bridgehead atoms. The number of carbonyl (C=O) groups is 1. The minimum absolute atomic E-state index is 0.145. The Bertz CT molecular complexity index is 757. The van der Waals surface area contributed by atoms with Crippen LogP contribution in [0.15, 0.2) is 30.6 Å². The first kappa shape index (κ1) is 16.8. The smallest absolute Gasteiger partial charge is 0.278 e. The second kappa shape index (κ2) is 7.23. The topological polar surface area (TPSA) is 64.6 Å². The lowest BCUT2D eigenvalue weighted by Crippen LogP contribution is -2.31. The van der Waals surface area contributed by atoms with Gasteiger partial charge in [0.1, 0.15) is 6.10 Å². The van der Waals surface area contributed by atoms with E-state index in [2.05, 4.69) is 9.97 Å². The molecule has 0 aliphatic carbocycles. The fourth-order valence-electron chi connectivity index (χ4n) is 2.53. The van der Waals surface area contributed by atoms with E-state index in [-0.39, 0.29) is 12.0 Å². The van der Waals surface area contributed by atoms with Gasteiger partial charge >= 0.3 is 0 Å². The fourth-order valence-corrected chi connectivity index (χ4v) is 3.02. The first-order chi connectivity index (χ1) is 11.6. The predicted molar refractivity (Wildman–Crippen MR) is 90.0 cm³/mol. The molecule has 1 aliphatic rings. The number of ether oxygens (including phenoxy) is 2. The molecule has 126 valence electrons. The number of nitrogens with zero attached hydrogens (tertiary/aromatic N) is 3. The Kier molecular flexibility index (Phi) is 5.06. The average Bonchev–Trinajstić information content (AvgIpc) is 3.03. The highest BCUT2D eigenvalue weighted by atomic mass is 35.5. The van der Waals surface area contributed by atoms with Crippen molar-refractivity contribution in [3.05, 3.63) is 46.2 Å². The van der Waals surface area contributed by atoms with Gasteiger partial charge in [-0.2, -0.15) is 0 Å². The van der Waals surface area contributed by atoms with Crippen LogP contribution >= 0.6 is 23.2 Å². The van der Waals surface area contributed by atoms with E-state index in [4.69, 9.17) is 32.7 Å². The summed E-state index contributed by atoms with van der Waals surface area (Å²) in [4.78, 5) is 22.4. The first-order valence-corrected chi connectivity index (χ1v) is 8.10. The van der Waals surface area contributed by atoms with Crippen molar-refractivity contribution in [3.63, 3.8) is 0 Å². The van der Waals surface area contributed by atoms with Crippen LogP contribution in [0.5, 0.6) is 11.8 Å². The van der Waals surface area contributed by atoms with Crippen molar-refractivity contribution >= 4 is 29.1 Å². The Morgan fingerprint density at radius 1 is 1.25 bits per heavy atom. The van der Waals surface area contributed by atoms with Crippen LogP contribution in [0.1, 0.15) is 16.8 Å². The van der Waals surface area contributed by atoms with E-state index in [9.17, 15) is 4.79 Å². The standard InChI is InChI=1S/C16H15Cl2N3O3/c1-23-14-15(20-6-5-19-14)24-11-4-7-21(9-11)16(22)12-3-2-10(17)8-13(12)18/h2-3,5-6,8,11H,4,7,9H2,1H3. The molecule has 1 aromatic heterocycles. The molecule has 0 saturated carbocycles. The number of amides is 1. The molecule has 0 spiro atoms. The summed E-state index contributed by atoms with van der Waals surface area (Å²) in [5, 5.41) is 0.835. The molecule has 1 saturated heterocycles. The molecule has 1 amide bonds. The molecule has 1 atom stereocenters. The summed E-state index contributed by atoms with van der Waals surface area (Å²) in [6.07, 6.45) is 3.57. The number of likely N-dealkylation sites (tertiary alicyclic amines) is 1. The Balaban J connectivity index is 1.68. The maximum atomic E-state index is 12.6. The number of carbonyl (C=O) groups excluding carboxylic acids is 1. The minimum atomic E-state index is -0.175. The average molecular weight is 368 g/mol. The highest BCUT2D eigenvalue weighted by Crippen LogP contribution is 2.26. The molecular formula is C16H15Cl2N3O3. The molecular weight excluding hydrogens is 353 g/mol. The largest absolute Gasteiger partial charge is 0.477 e. The van der Waals surface area contributed by atoms with Crippen LogP contribution in [0.2, 0.25) is 10.0 Å². The van der Waals surface area contributed by atoms with Gasteiger partial charge in [0.05, 0.1) is 24.2 Å². The van der Waals surface area contributed by atoms with Gasteiger partial charge in [0.2, 0.25) is 0 Å². The van der Waals surface area contributed by atoms with E-state index < -0.39 is 0 Å². The summed E-state index contributed by atoms with van der Waals surface area (Å²) in [6, 6.07) is 4.84. The minimum Gasteiger partial charge on any atom is -0.477 e. The molecule has 1 unspecified atom stereocenters. The number of halogens is 2. The Morgan fingerprint density at radius 2 is 2.00 bits per heavy atom. The van der Waals surface area contributed by atoms with Crippen molar-refractivity contribution in [2.24, 2.45) is 0 Å². The molecule has 24 heavy (non-hydrogen) atoms. The van der Waals surface area contributed by atoms with Crippen LogP contribution in [0.25, 0.3) is 0 Å². The van der Waals surface area contributed by atoms with Gasteiger partial charge in [-0.3, -0.25) is 4.79 Å². The summed E-state index contributed by atoms with van der Waals surface area (Å²) in [5.41, 5.74) is 0.429. The van der Waals surface area contributed by atoms with Crippen LogP contribution in [0.4, 0.5) is 0 Å². The van der Waals surface area contributed by atoms with Crippen molar-refractivity contribution in [2.45, 2.75) is 12.5 Å². The van der Waals surface area contributed by atoms with Crippen LogP contribution < -0.4 is 9.47 Å². The third-order valence-corrected chi connectivity index (χ3v) is 4.25. The summed E-state index contributed by atoms with van der Waals surface area (Å²) < 4.78 is 10.9. The molecule has 2 aromatic rings. The number of hydrogen-bond donors (Lipinski definition) is 0. The van der Waals surface area contributed by atoms with E-state index in [1.165, 1.54) is 19.5 Å². The fraction of sp³-hybridized carbons (Fsp3) is 0.312. The summed E-state index contributed by atoms with van der Waals surface area (Å²) in [5.74, 6) is 0.501. The molecule has 3 rings (SSSR count). The summed E-state index contributed by atoms with van der Waals surface area (Å²) in [7, 11) is 1.50. The second-order valence-corrected chi connectivity index (χ2v) is 6.12. The van der Waals surface area contributed by atoms with Crippen molar-refractivity contribution < 1.29 is 14.3 Å². The zero-order valence-corrected chi connectivity index (χ0v) is 14.4. The van der Waals surface area contributed by atoms with Gasteiger partial charge in [-0.1, -0.05) is 23.2 Å². The van der Waals surface area contributed by atoms with E-state index in [0.29, 0.717) is 46.9 Å². The van der Waals surface area contributed by atoms with Crippen molar-refractivity contribution in [1.82, 2.24) is 14.9 Å². The van der Waals surface area contributed by atoms with Gasteiger partial charge in [-0.25, -0.2) is 9.97 Å². The zero-order valence-electron chi connectivity index (χ0n) is 12.9. The molecule has 0 radical (unpaired) electrons. The number of rotatable bonds is 4. The molecule has 6 nitrogen and oxygen atoms in total. The van der Waals surface area contributed by atoms with Gasteiger partial charge in [-0.15, -0.1) is 0 Å². The van der Waals surface area contributed by atoms with Crippen molar-refractivity contribution in [1.29, 1.82) is 0 Å². The van der Waals surface area contributed by atoms with Gasteiger partial charge in [0.15, 0.2) is 0 Å². The predicted octanol–water partition coefficient (Wildman–Crippen LogP) is 3.09. The molecule has 1 aliphatic heterocycles. The van der Waals surface area contributed by atoms with Crippen LogP contribution in [-0.2, 0) is 0 Å². The quantitative estimate of drug-likeness (QED) is 0.830. The number of hydrogen-bond acceptors (Lipinski definition) is 5. The molecule has 0 N–H and O–H groups in total. The third kappa shape index (κ3) is 3.55. The van der Waals surface area contributed by atoms with Crippen LogP contribution in [-0.4, -0.2) is 47.1 Å². The molecule has 1 fully saturated rings. The van der Waals surface area contributed by atoms with Crippen molar-refractivity contribution in [2.75, 3.05) is 20.2 Å². The highest BCUT2D eigenvalue weighted by Gasteiger charge is 2.30. The van der Waals surface area contributed by atoms with E-state index >= 15 is 0 Å². The maximum Gasteiger partial charge on any atom is 0.278 e. The van der Waals surface area contributed by atoms with E-state index in [0.717, 1.165) is 0 Å². The van der Waals surface area contributed by atoms with E-state index in [1.54, 1.807) is 23.1 Å². The summed E-state index contributed by atoms with van der Waals surface area (Å²) >= 11 is 12.0. The van der Waals surface area contributed by atoms with E-state index in [1.807, 2.05) is 0 Å². The molecule has 8 heteroatoms. The Labute approximate surface area is 149 Å². The normalized spacial score (nSPS) is 17.0. The molecule has 1 aromatic carbocycles. The molecule has 2 heterocycles. The van der Waals surface area contributed by atoms with Crippen LogP contribution in [0.3, 0.4) is 0 Å². The third-order valence-electron chi connectivity index (χ3n) is 3.70. The highest BCUT2D eigenvalue weighted by molar-refractivity contribution is 6.36. The van der Waals surface area contributed by atoms with Gasteiger partial charge in [0, 0.05) is 30.4 Å². The Morgan fingerprint density at radius 3 is 2.71 bits per heavy atom.